The van der Waals surface area contributed by atoms with E-state index in [0.717, 1.165) is 39.3 Å². The van der Waals surface area contributed by atoms with Crippen molar-refractivity contribution in [1.29, 1.82) is 0 Å². The van der Waals surface area contributed by atoms with Gasteiger partial charge in [0.15, 0.2) is 0 Å². The van der Waals surface area contributed by atoms with Crippen molar-refractivity contribution in [2.24, 2.45) is 0 Å². The molecule has 0 atom stereocenters. The van der Waals surface area contributed by atoms with E-state index < -0.39 is 0 Å². The Kier molecular flexibility index (Phi) is 5.03. The molecule has 112 valence electrons. The third-order valence-corrected chi connectivity index (χ3v) is 4.01. The smallest absolute Gasteiger partial charge is 0.0594 e. The van der Waals surface area contributed by atoms with Crippen LogP contribution in [-0.4, -0.2) is 47.3 Å². The molecule has 0 radical (unpaired) electrons. The molecule has 2 aromatic heterocycles. The van der Waals surface area contributed by atoms with Crippen LogP contribution >= 0.6 is 0 Å². The van der Waals surface area contributed by atoms with Crippen LogP contribution < -0.4 is 0 Å². The summed E-state index contributed by atoms with van der Waals surface area (Å²) in [6.45, 7) is 6.01. The highest BCUT2D eigenvalue weighted by Crippen LogP contribution is 2.10. The Balaban J connectivity index is 1.50. The molecule has 21 heavy (non-hydrogen) atoms. The van der Waals surface area contributed by atoms with Crippen molar-refractivity contribution in [1.82, 2.24) is 14.5 Å². The summed E-state index contributed by atoms with van der Waals surface area (Å²) in [6, 6.07) is 8.50. The summed E-state index contributed by atoms with van der Waals surface area (Å²) in [5, 5.41) is 0. The second-order valence-electron chi connectivity index (χ2n) is 5.55. The lowest BCUT2D eigenvalue weighted by Crippen LogP contribution is -2.37. The van der Waals surface area contributed by atoms with E-state index in [1.807, 2.05) is 18.5 Å². The van der Waals surface area contributed by atoms with Gasteiger partial charge in [0, 0.05) is 43.9 Å². The van der Waals surface area contributed by atoms with Crippen LogP contribution in [0, 0.1) is 0 Å². The fourth-order valence-electron chi connectivity index (χ4n) is 2.83. The van der Waals surface area contributed by atoms with Crippen LogP contribution in [0.25, 0.3) is 0 Å². The molecule has 1 aliphatic heterocycles. The largest absolute Gasteiger partial charge is 0.379 e. The minimum absolute atomic E-state index is 0.886. The molecule has 0 saturated carbocycles. The van der Waals surface area contributed by atoms with Gasteiger partial charge >= 0.3 is 0 Å². The Morgan fingerprint density at radius 2 is 2.05 bits per heavy atom. The topological polar surface area (TPSA) is 30.3 Å². The molecule has 0 bridgehead atoms. The van der Waals surface area contributed by atoms with Crippen LogP contribution in [-0.2, 0) is 17.7 Å². The molecule has 1 saturated heterocycles. The molecule has 4 nitrogen and oxygen atoms in total. The average molecular weight is 285 g/mol. The van der Waals surface area contributed by atoms with Gasteiger partial charge in [0.2, 0.25) is 0 Å². The van der Waals surface area contributed by atoms with E-state index in [1.165, 1.54) is 24.2 Å². The molecule has 0 N–H and O–H groups in total. The van der Waals surface area contributed by atoms with Gasteiger partial charge in [-0.3, -0.25) is 9.88 Å². The Labute approximate surface area is 126 Å². The Morgan fingerprint density at radius 1 is 1.14 bits per heavy atom. The third kappa shape index (κ3) is 4.16. The van der Waals surface area contributed by atoms with Crippen LogP contribution in [0.1, 0.15) is 17.7 Å². The van der Waals surface area contributed by atoms with Gasteiger partial charge < -0.3 is 9.30 Å². The number of rotatable bonds is 6. The number of nitrogens with zero attached hydrogens (tertiary/aromatic N) is 3. The van der Waals surface area contributed by atoms with Gasteiger partial charge in [0.1, 0.15) is 0 Å². The fraction of sp³-hybridized carbons (Fsp3) is 0.471. The van der Waals surface area contributed by atoms with Gasteiger partial charge in [-0.25, -0.2) is 0 Å². The van der Waals surface area contributed by atoms with E-state index in [4.69, 9.17) is 4.74 Å². The first-order valence-corrected chi connectivity index (χ1v) is 7.75. The molecule has 0 aliphatic carbocycles. The number of ether oxygens (including phenoxy) is 1. The number of pyridine rings is 1. The predicted octanol–water partition coefficient (Wildman–Crippen LogP) is 2.20. The SMILES string of the molecule is c1cncc(Cn2cccc2CCCN2CCOCC2)c1. The highest BCUT2D eigenvalue weighted by molar-refractivity contribution is 5.14. The molecule has 0 spiro atoms. The van der Waals surface area contributed by atoms with Crippen LogP contribution in [0.4, 0.5) is 0 Å². The molecule has 3 heterocycles. The maximum Gasteiger partial charge on any atom is 0.0594 e. The van der Waals surface area contributed by atoms with Gasteiger partial charge in [0.25, 0.3) is 0 Å². The van der Waals surface area contributed by atoms with Crippen molar-refractivity contribution in [2.45, 2.75) is 19.4 Å². The lowest BCUT2D eigenvalue weighted by molar-refractivity contribution is 0.0374. The zero-order valence-corrected chi connectivity index (χ0v) is 12.4. The summed E-state index contributed by atoms with van der Waals surface area (Å²) in [5.74, 6) is 0. The van der Waals surface area contributed by atoms with Gasteiger partial charge in [-0.1, -0.05) is 6.07 Å². The Morgan fingerprint density at radius 3 is 2.86 bits per heavy atom. The molecule has 4 heteroatoms. The third-order valence-electron chi connectivity index (χ3n) is 4.01. The molecule has 0 unspecified atom stereocenters. The fourth-order valence-corrected chi connectivity index (χ4v) is 2.83. The summed E-state index contributed by atoms with van der Waals surface area (Å²) in [6.07, 6.45) is 8.26. The summed E-state index contributed by atoms with van der Waals surface area (Å²) in [4.78, 5) is 6.68. The molecular formula is C17H23N3O. The van der Waals surface area contributed by atoms with Crippen molar-refractivity contribution in [3.8, 4) is 0 Å². The standard InChI is InChI=1S/C17H23N3O/c1-4-16(14-18-7-1)15-20-9-3-6-17(20)5-2-8-19-10-12-21-13-11-19/h1,3-4,6-7,9,14H,2,5,8,10-13,15H2. The van der Waals surface area contributed by atoms with E-state index in [9.17, 15) is 0 Å². The Hall–Kier alpha value is -1.65. The van der Waals surface area contributed by atoms with Crippen molar-refractivity contribution in [3.63, 3.8) is 0 Å². The van der Waals surface area contributed by atoms with Crippen LogP contribution in [0.5, 0.6) is 0 Å². The van der Waals surface area contributed by atoms with Crippen LogP contribution in [0.15, 0.2) is 42.9 Å². The molecule has 0 aromatic carbocycles. The minimum atomic E-state index is 0.886. The normalized spacial score (nSPS) is 16.2. The number of morpholine rings is 1. The number of hydrogen-bond donors (Lipinski definition) is 0. The maximum absolute atomic E-state index is 5.39. The van der Waals surface area contributed by atoms with Crippen LogP contribution in [0.2, 0.25) is 0 Å². The summed E-state index contributed by atoms with van der Waals surface area (Å²) in [7, 11) is 0. The molecule has 2 aromatic rings. The summed E-state index contributed by atoms with van der Waals surface area (Å²) in [5.41, 5.74) is 2.66. The van der Waals surface area contributed by atoms with Gasteiger partial charge in [-0.05, 0) is 43.1 Å². The second kappa shape index (κ2) is 7.38. The molecule has 1 fully saturated rings. The van der Waals surface area contributed by atoms with Crippen LogP contribution in [0.3, 0.4) is 0 Å². The number of aryl methyl sites for hydroxylation is 1. The van der Waals surface area contributed by atoms with Gasteiger partial charge in [-0.15, -0.1) is 0 Å². The highest BCUT2D eigenvalue weighted by atomic mass is 16.5. The van der Waals surface area contributed by atoms with Crippen molar-refractivity contribution < 1.29 is 4.74 Å². The monoisotopic (exact) mass is 285 g/mol. The zero-order chi connectivity index (χ0) is 14.3. The van der Waals surface area contributed by atoms with E-state index in [1.54, 1.807) is 0 Å². The summed E-state index contributed by atoms with van der Waals surface area (Å²) < 4.78 is 7.72. The molecular weight excluding hydrogens is 262 g/mol. The van der Waals surface area contributed by atoms with E-state index >= 15 is 0 Å². The number of hydrogen-bond acceptors (Lipinski definition) is 3. The van der Waals surface area contributed by atoms with Crippen molar-refractivity contribution in [3.05, 3.63) is 54.1 Å². The minimum Gasteiger partial charge on any atom is -0.379 e. The van der Waals surface area contributed by atoms with Gasteiger partial charge in [-0.2, -0.15) is 0 Å². The lowest BCUT2D eigenvalue weighted by atomic mass is 10.2. The molecule has 3 rings (SSSR count). The predicted molar refractivity (Wildman–Crippen MR) is 83.4 cm³/mol. The average Bonchev–Trinajstić information content (AvgIpc) is 2.97. The second-order valence-corrected chi connectivity index (χ2v) is 5.55. The van der Waals surface area contributed by atoms with E-state index in [0.29, 0.717) is 0 Å². The zero-order valence-electron chi connectivity index (χ0n) is 12.4. The van der Waals surface area contributed by atoms with Gasteiger partial charge in [0.05, 0.1) is 13.2 Å². The molecule has 1 aliphatic rings. The van der Waals surface area contributed by atoms with Crippen molar-refractivity contribution in [2.75, 3.05) is 32.8 Å². The van der Waals surface area contributed by atoms with E-state index in [2.05, 4.69) is 38.8 Å². The number of aromatic nitrogens is 2. The lowest BCUT2D eigenvalue weighted by Gasteiger charge is -2.26. The first kappa shape index (κ1) is 14.3. The highest BCUT2D eigenvalue weighted by Gasteiger charge is 2.10. The maximum atomic E-state index is 5.39. The quantitative estimate of drug-likeness (QED) is 0.815. The first-order valence-electron chi connectivity index (χ1n) is 7.75. The molecule has 0 amide bonds. The van der Waals surface area contributed by atoms with E-state index in [-0.39, 0.29) is 0 Å². The van der Waals surface area contributed by atoms with Crippen molar-refractivity contribution >= 4 is 0 Å². The Bertz CT molecular complexity index is 532. The first-order chi connectivity index (χ1) is 10.4. The summed E-state index contributed by atoms with van der Waals surface area (Å²) >= 11 is 0.